The van der Waals surface area contributed by atoms with Crippen molar-refractivity contribution in [3.05, 3.63) is 146 Å². The van der Waals surface area contributed by atoms with E-state index < -0.39 is 0 Å². The van der Waals surface area contributed by atoms with Crippen LogP contribution < -0.4 is 0 Å². The molecule has 0 N–H and O–H groups in total. The lowest BCUT2D eigenvalue weighted by Crippen LogP contribution is -1.98. The van der Waals surface area contributed by atoms with Gasteiger partial charge in [-0.3, -0.25) is 0 Å². The molecular formula is C48H24N4S2. The van der Waals surface area contributed by atoms with Gasteiger partial charge in [-0.2, -0.15) is 0 Å². The van der Waals surface area contributed by atoms with Gasteiger partial charge in [0.15, 0.2) is 0 Å². The van der Waals surface area contributed by atoms with Crippen LogP contribution in [-0.2, 0) is 0 Å². The molecular weight excluding hydrogens is 697 g/mol. The van der Waals surface area contributed by atoms with Gasteiger partial charge in [0.25, 0.3) is 0 Å². The van der Waals surface area contributed by atoms with E-state index in [0.29, 0.717) is 0 Å². The van der Waals surface area contributed by atoms with Gasteiger partial charge in [0, 0.05) is 43.1 Å². The van der Waals surface area contributed by atoms with Gasteiger partial charge >= 0.3 is 0 Å². The maximum absolute atomic E-state index is 2.60. The van der Waals surface area contributed by atoms with Gasteiger partial charge in [0.05, 0.1) is 85.0 Å². The molecule has 0 bridgehead atoms. The molecule has 4 nitrogen and oxygen atoms in total. The number of para-hydroxylation sites is 6. The summed E-state index contributed by atoms with van der Waals surface area (Å²) >= 11 is 3.85. The Kier molecular flexibility index (Phi) is 4.48. The molecule has 248 valence electrons. The molecule has 0 radical (unpaired) electrons. The Bertz CT molecular complexity index is 3920. The summed E-state index contributed by atoms with van der Waals surface area (Å²) in [5.41, 5.74) is 15.2. The highest BCUT2D eigenvalue weighted by atomic mass is 32.1. The van der Waals surface area contributed by atoms with Crippen LogP contribution in [-0.4, -0.2) is 17.6 Å². The van der Waals surface area contributed by atoms with Crippen molar-refractivity contribution in [1.29, 1.82) is 0 Å². The first-order valence-corrected chi connectivity index (χ1v) is 20.1. The largest absolute Gasteiger partial charge is 0.306 e. The van der Waals surface area contributed by atoms with Gasteiger partial charge in [-0.15, -0.1) is 22.7 Å². The first-order valence-electron chi connectivity index (χ1n) is 18.5. The smallest absolute Gasteiger partial charge is 0.0783 e. The zero-order valence-corrected chi connectivity index (χ0v) is 30.1. The van der Waals surface area contributed by atoms with Crippen LogP contribution in [0.2, 0.25) is 0 Å². The Hall–Kier alpha value is -6.60. The molecule has 0 atom stereocenters. The van der Waals surface area contributed by atoms with Crippen LogP contribution in [0.4, 0.5) is 0 Å². The molecule has 15 rings (SSSR count). The molecule has 54 heavy (non-hydrogen) atoms. The van der Waals surface area contributed by atoms with E-state index >= 15 is 0 Å². The van der Waals surface area contributed by atoms with Crippen LogP contribution in [0.3, 0.4) is 0 Å². The van der Waals surface area contributed by atoms with Crippen LogP contribution in [0, 0.1) is 0 Å². The van der Waals surface area contributed by atoms with Gasteiger partial charge in [-0.05, 0) is 48.5 Å². The van der Waals surface area contributed by atoms with E-state index in [4.69, 9.17) is 0 Å². The molecule has 0 aliphatic heterocycles. The molecule has 8 aromatic carbocycles. The maximum Gasteiger partial charge on any atom is 0.0783 e. The standard InChI is InChI=1S/C48H24N4S2/c1-3-15-33-25(9-1)27-13-7-19-39-43(27)49(33)37-23-21-31-29-11-5-18-36-41(29)51(45(31)47(37)53-39)35-17-6-12-30-32-22-24-38-48(46(32)52(36)42(30)35)54-40-20-8-14-28-26-10-2-4-16-34(26)50(38)44(28)40/h1-24H. The highest BCUT2D eigenvalue weighted by Crippen LogP contribution is 2.48. The van der Waals surface area contributed by atoms with Gasteiger partial charge in [-0.1, -0.05) is 97.1 Å². The summed E-state index contributed by atoms with van der Waals surface area (Å²) < 4.78 is 15.5. The molecule has 0 aliphatic carbocycles. The molecule has 0 saturated heterocycles. The summed E-state index contributed by atoms with van der Waals surface area (Å²) in [6.45, 7) is 0. The minimum Gasteiger partial charge on any atom is -0.306 e. The van der Waals surface area contributed by atoms with E-state index in [2.05, 4.69) is 163 Å². The highest BCUT2D eigenvalue weighted by molar-refractivity contribution is 7.25. The molecule has 0 fully saturated rings. The summed E-state index contributed by atoms with van der Waals surface area (Å²) in [5.74, 6) is 0. The predicted octanol–water partition coefficient (Wildman–Crippen LogP) is 13.8. The summed E-state index contributed by atoms with van der Waals surface area (Å²) in [4.78, 5) is 0. The number of benzene rings is 8. The average molecular weight is 721 g/mol. The number of rotatable bonds is 0. The molecule has 0 unspecified atom stereocenters. The Morgan fingerprint density at radius 1 is 0.241 bits per heavy atom. The topological polar surface area (TPSA) is 17.6 Å². The second kappa shape index (κ2) is 8.95. The zero-order chi connectivity index (χ0) is 34.6. The Morgan fingerprint density at radius 2 is 0.611 bits per heavy atom. The van der Waals surface area contributed by atoms with Crippen LogP contribution in [0.25, 0.3) is 128 Å². The third kappa shape index (κ3) is 2.84. The number of nitrogens with zero attached hydrogens (tertiary/aromatic N) is 4. The van der Waals surface area contributed by atoms with Crippen molar-refractivity contribution in [2.24, 2.45) is 0 Å². The van der Waals surface area contributed by atoms with E-state index in [-0.39, 0.29) is 0 Å². The van der Waals surface area contributed by atoms with Crippen molar-refractivity contribution in [2.75, 3.05) is 0 Å². The molecule has 0 amide bonds. The first kappa shape index (κ1) is 27.1. The highest BCUT2D eigenvalue weighted by Gasteiger charge is 2.25. The minimum atomic E-state index is 1.24. The lowest BCUT2D eigenvalue weighted by molar-refractivity contribution is 1.26. The van der Waals surface area contributed by atoms with Crippen molar-refractivity contribution in [3.63, 3.8) is 0 Å². The van der Waals surface area contributed by atoms with E-state index in [0.717, 1.165) is 0 Å². The van der Waals surface area contributed by atoms with E-state index in [9.17, 15) is 0 Å². The zero-order valence-electron chi connectivity index (χ0n) is 28.5. The van der Waals surface area contributed by atoms with Crippen molar-refractivity contribution in [1.82, 2.24) is 17.6 Å². The Balaban J connectivity index is 1.21. The van der Waals surface area contributed by atoms with Crippen LogP contribution in [0.1, 0.15) is 0 Å². The predicted molar refractivity (Wildman–Crippen MR) is 232 cm³/mol. The third-order valence-electron chi connectivity index (χ3n) is 12.4. The van der Waals surface area contributed by atoms with Gasteiger partial charge in [0.1, 0.15) is 0 Å². The summed E-state index contributed by atoms with van der Waals surface area (Å²) in [7, 11) is 0. The molecule has 7 heterocycles. The second-order valence-corrected chi connectivity index (χ2v) is 17.0. The van der Waals surface area contributed by atoms with Crippen LogP contribution in [0.15, 0.2) is 146 Å². The maximum atomic E-state index is 2.60. The van der Waals surface area contributed by atoms with E-state index in [1.807, 2.05) is 22.7 Å². The van der Waals surface area contributed by atoms with Crippen LogP contribution in [0.5, 0.6) is 0 Å². The number of aromatic nitrogens is 4. The van der Waals surface area contributed by atoms with E-state index in [1.165, 1.54) is 128 Å². The molecule has 15 aromatic rings. The van der Waals surface area contributed by atoms with Crippen molar-refractivity contribution < 1.29 is 0 Å². The van der Waals surface area contributed by atoms with Crippen molar-refractivity contribution >= 4 is 151 Å². The first-order chi connectivity index (χ1) is 26.8. The van der Waals surface area contributed by atoms with Gasteiger partial charge in [-0.25, -0.2) is 0 Å². The minimum absolute atomic E-state index is 1.24. The quantitative estimate of drug-likeness (QED) is 0.139. The normalized spacial score (nSPS) is 13.2. The number of fused-ring (bicyclic) bond motifs is 20. The SMILES string of the molecule is c1ccc2c(c1)c1cccc3sc4c(ccc5c6cccc7c6n(c6cccc8c9ccc%10c(sc%11cccc%12c%13ccccc%13n%10c%11%12)c9n7c86)c54)n2c31. The Morgan fingerprint density at radius 3 is 1.09 bits per heavy atom. The summed E-state index contributed by atoms with van der Waals surface area (Å²) in [5, 5.41) is 10.4. The van der Waals surface area contributed by atoms with Gasteiger partial charge < -0.3 is 17.6 Å². The molecule has 0 aliphatic rings. The molecule has 6 heteroatoms. The second-order valence-electron chi connectivity index (χ2n) is 14.9. The summed E-state index contributed by atoms with van der Waals surface area (Å²) in [6, 6.07) is 54.7. The fourth-order valence-electron chi connectivity index (χ4n) is 10.4. The fourth-order valence-corrected chi connectivity index (χ4v) is 12.9. The Labute approximate surface area is 312 Å². The average Bonchev–Trinajstić information content (AvgIpc) is 3.96. The third-order valence-corrected chi connectivity index (χ3v) is 14.7. The van der Waals surface area contributed by atoms with E-state index in [1.54, 1.807) is 0 Å². The lowest BCUT2D eigenvalue weighted by atomic mass is 10.1. The van der Waals surface area contributed by atoms with Crippen LogP contribution >= 0.6 is 22.7 Å². The molecule has 0 spiro atoms. The number of hydrogen-bond donors (Lipinski definition) is 0. The van der Waals surface area contributed by atoms with Crippen molar-refractivity contribution in [3.8, 4) is 0 Å². The monoisotopic (exact) mass is 720 g/mol. The number of hydrogen-bond acceptors (Lipinski definition) is 2. The fraction of sp³-hybridized carbons (Fsp3) is 0. The molecule has 0 saturated carbocycles. The van der Waals surface area contributed by atoms with Crippen molar-refractivity contribution in [2.45, 2.75) is 0 Å². The summed E-state index contributed by atoms with van der Waals surface area (Å²) in [6.07, 6.45) is 0. The van der Waals surface area contributed by atoms with Gasteiger partial charge in [0.2, 0.25) is 0 Å². The lowest BCUT2D eigenvalue weighted by Gasteiger charge is -2.13. The molecule has 7 aromatic heterocycles.